The van der Waals surface area contributed by atoms with Crippen molar-refractivity contribution in [1.29, 1.82) is 0 Å². The first-order valence-electron chi connectivity index (χ1n) is 6.96. The van der Waals surface area contributed by atoms with Crippen LogP contribution in [0.5, 0.6) is 5.75 Å². The lowest BCUT2D eigenvalue weighted by atomic mass is 9.87. The van der Waals surface area contributed by atoms with Crippen molar-refractivity contribution >= 4 is 11.4 Å². The second-order valence-corrected chi connectivity index (χ2v) is 5.28. The Kier molecular flexibility index (Phi) is 3.48. The van der Waals surface area contributed by atoms with Crippen molar-refractivity contribution in [2.24, 2.45) is 0 Å². The van der Waals surface area contributed by atoms with Crippen molar-refractivity contribution in [1.82, 2.24) is 0 Å². The Morgan fingerprint density at radius 3 is 2.67 bits per heavy atom. The number of anilines is 1. The first-order valence-corrected chi connectivity index (χ1v) is 6.96. The van der Waals surface area contributed by atoms with Gasteiger partial charge in [0, 0.05) is 17.8 Å². The highest BCUT2D eigenvalue weighted by Crippen LogP contribution is 2.34. The zero-order valence-electron chi connectivity index (χ0n) is 11.5. The van der Waals surface area contributed by atoms with Gasteiger partial charge in [-0.15, -0.1) is 0 Å². The molecule has 0 amide bonds. The quantitative estimate of drug-likeness (QED) is 0.664. The number of benzene rings is 2. The van der Waals surface area contributed by atoms with Gasteiger partial charge in [-0.3, -0.25) is 10.1 Å². The first-order chi connectivity index (χ1) is 10.1. The van der Waals surface area contributed by atoms with Crippen LogP contribution in [0.1, 0.15) is 30.0 Å². The number of nitro benzene ring substituents is 1. The summed E-state index contributed by atoms with van der Waals surface area (Å²) in [6.07, 6.45) is 3.04. The molecule has 0 saturated carbocycles. The summed E-state index contributed by atoms with van der Waals surface area (Å²) in [6.45, 7) is 0. The molecular formula is C16H16N2O3. The van der Waals surface area contributed by atoms with Crippen LogP contribution < -0.4 is 5.32 Å². The Labute approximate surface area is 122 Å². The number of nitrogens with one attached hydrogen (secondary N) is 1. The number of hydrogen-bond donors (Lipinski definition) is 2. The molecule has 21 heavy (non-hydrogen) atoms. The zero-order chi connectivity index (χ0) is 14.8. The van der Waals surface area contributed by atoms with Crippen LogP contribution in [0.3, 0.4) is 0 Å². The van der Waals surface area contributed by atoms with Gasteiger partial charge < -0.3 is 10.4 Å². The smallest absolute Gasteiger partial charge is 0.269 e. The predicted octanol–water partition coefficient (Wildman–Crippen LogP) is 3.79. The molecule has 5 heteroatoms. The fraction of sp³-hybridized carbons (Fsp3) is 0.250. The number of rotatable bonds is 3. The van der Waals surface area contributed by atoms with Gasteiger partial charge in [-0.2, -0.15) is 0 Å². The van der Waals surface area contributed by atoms with Crippen LogP contribution in [0.2, 0.25) is 0 Å². The molecule has 0 radical (unpaired) electrons. The van der Waals surface area contributed by atoms with Gasteiger partial charge in [0.15, 0.2) is 0 Å². The number of aromatic hydroxyl groups is 1. The summed E-state index contributed by atoms with van der Waals surface area (Å²) in [4.78, 5) is 10.3. The van der Waals surface area contributed by atoms with E-state index in [0.717, 1.165) is 24.9 Å². The molecule has 1 aliphatic carbocycles. The molecule has 0 heterocycles. The molecule has 0 spiro atoms. The van der Waals surface area contributed by atoms with Crippen molar-refractivity contribution in [3.63, 3.8) is 0 Å². The Balaban J connectivity index is 1.81. The molecule has 5 nitrogen and oxygen atoms in total. The Morgan fingerprint density at radius 1 is 1.19 bits per heavy atom. The topological polar surface area (TPSA) is 75.4 Å². The van der Waals surface area contributed by atoms with E-state index in [0.29, 0.717) is 5.75 Å². The third-order valence-electron chi connectivity index (χ3n) is 3.86. The third kappa shape index (κ3) is 2.81. The van der Waals surface area contributed by atoms with Crippen LogP contribution in [-0.2, 0) is 6.42 Å². The summed E-state index contributed by atoms with van der Waals surface area (Å²) in [5.74, 6) is 0.296. The standard InChI is InChI=1S/C16H16N2O3/c19-14-8-9-15-11(10-14)2-1-3-16(15)17-12-4-6-13(7-5-12)18(20)21/h4-10,16-17,19H,1-3H2. The minimum absolute atomic E-state index is 0.0921. The fourth-order valence-electron chi connectivity index (χ4n) is 2.83. The number of aryl methyl sites for hydroxylation is 1. The van der Waals surface area contributed by atoms with Gasteiger partial charge in [0.2, 0.25) is 0 Å². The molecule has 2 N–H and O–H groups in total. The van der Waals surface area contributed by atoms with Gasteiger partial charge in [0.05, 0.1) is 11.0 Å². The number of phenols is 1. The number of nitro groups is 1. The summed E-state index contributed by atoms with van der Waals surface area (Å²) >= 11 is 0. The van der Waals surface area contributed by atoms with E-state index in [-0.39, 0.29) is 11.7 Å². The maximum Gasteiger partial charge on any atom is 0.269 e. The molecular weight excluding hydrogens is 268 g/mol. The molecule has 0 aromatic heterocycles. The second-order valence-electron chi connectivity index (χ2n) is 5.28. The van der Waals surface area contributed by atoms with Crippen LogP contribution in [0.25, 0.3) is 0 Å². The molecule has 0 bridgehead atoms. The average Bonchev–Trinajstić information content (AvgIpc) is 2.47. The summed E-state index contributed by atoms with van der Waals surface area (Å²) < 4.78 is 0. The van der Waals surface area contributed by atoms with E-state index in [4.69, 9.17) is 0 Å². The normalized spacial score (nSPS) is 17.0. The van der Waals surface area contributed by atoms with E-state index in [1.54, 1.807) is 18.2 Å². The molecule has 2 aromatic carbocycles. The largest absolute Gasteiger partial charge is 0.508 e. The molecule has 1 atom stereocenters. The van der Waals surface area contributed by atoms with Gasteiger partial charge in [-0.25, -0.2) is 0 Å². The maximum absolute atomic E-state index is 10.7. The van der Waals surface area contributed by atoms with Crippen molar-refractivity contribution < 1.29 is 10.0 Å². The Morgan fingerprint density at radius 2 is 1.95 bits per heavy atom. The minimum atomic E-state index is -0.400. The highest BCUT2D eigenvalue weighted by atomic mass is 16.6. The number of phenolic OH excluding ortho intramolecular Hbond substituents is 1. The molecule has 1 unspecified atom stereocenters. The lowest BCUT2D eigenvalue weighted by Gasteiger charge is -2.27. The summed E-state index contributed by atoms with van der Waals surface area (Å²) in [5, 5.41) is 23.6. The first kappa shape index (κ1) is 13.4. The van der Waals surface area contributed by atoms with Gasteiger partial charge in [-0.1, -0.05) is 6.07 Å². The highest BCUT2D eigenvalue weighted by Gasteiger charge is 2.20. The highest BCUT2D eigenvalue weighted by molar-refractivity contribution is 5.51. The van der Waals surface area contributed by atoms with Crippen LogP contribution >= 0.6 is 0 Å². The fourth-order valence-corrected chi connectivity index (χ4v) is 2.83. The van der Waals surface area contributed by atoms with Gasteiger partial charge >= 0.3 is 0 Å². The summed E-state index contributed by atoms with van der Waals surface area (Å²) in [7, 11) is 0. The third-order valence-corrected chi connectivity index (χ3v) is 3.86. The van der Waals surface area contributed by atoms with Crippen LogP contribution in [0.4, 0.5) is 11.4 Å². The van der Waals surface area contributed by atoms with Crippen LogP contribution in [-0.4, -0.2) is 10.0 Å². The van der Waals surface area contributed by atoms with Crippen molar-refractivity contribution in [3.05, 3.63) is 63.7 Å². The number of fused-ring (bicyclic) bond motifs is 1. The molecule has 1 aliphatic rings. The molecule has 3 rings (SSSR count). The van der Waals surface area contributed by atoms with Crippen molar-refractivity contribution in [2.45, 2.75) is 25.3 Å². The number of nitrogens with zero attached hydrogens (tertiary/aromatic N) is 1. The lowest BCUT2D eigenvalue weighted by Crippen LogP contribution is -2.17. The SMILES string of the molecule is O=[N+]([O-])c1ccc(NC2CCCc3cc(O)ccc32)cc1. The Hall–Kier alpha value is -2.56. The lowest BCUT2D eigenvalue weighted by molar-refractivity contribution is -0.384. The van der Waals surface area contributed by atoms with E-state index >= 15 is 0 Å². The molecule has 0 saturated heterocycles. The van der Waals surface area contributed by atoms with Gasteiger partial charge in [0.25, 0.3) is 5.69 Å². The number of non-ortho nitro benzene ring substituents is 1. The van der Waals surface area contributed by atoms with Crippen molar-refractivity contribution in [2.75, 3.05) is 5.32 Å². The van der Waals surface area contributed by atoms with Crippen molar-refractivity contribution in [3.8, 4) is 5.75 Å². The maximum atomic E-state index is 10.7. The zero-order valence-corrected chi connectivity index (χ0v) is 11.5. The monoisotopic (exact) mass is 284 g/mol. The van der Waals surface area contributed by atoms with Gasteiger partial charge in [-0.05, 0) is 54.7 Å². The average molecular weight is 284 g/mol. The summed E-state index contributed by atoms with van der Waals surface area (Å²) in [5.41, 5.74) is 3.32. The number of hydrogen-bond acceptors (Lipinski definition) is 4. The van der Waals surface area contributed by atoms with E-state index in [1.165, 1.54) is 23.3 Å². The van der Waals surface area contributed by atoms with E-state index in [9.17, 15) is 15.2 Å². The second kappa shape index (κ2) is 5.44. The molecule has 2 aromatic rings. The molecule has 0 fully saturated rings. The van der Waals surface area contributed by atoms with Crippen LogP contribution in [0, 0.1) is 10.1 Å². The van der Waals surface area contributed by atoms with Gasteiger partial charge in [0.1, 0.15) is 5.75 Å². The van der Waals surface area contributed by atoms with Crippen LogP contribution in [0.15, 0.2) is 42.5 Å². The summed E-state index contributed by atoms with van der Waals surface area (Å²) in [6, 6.07) is 12.1. The van der Waals surface area contributed by atoms with E-state index in [1.807, 2.05) is 12.1 Å². The minimum Gasteiger partial charge on any atom is -0.508 e. The molecule has 108 valence electrons. The predicted molar refractivity (Wildman–Crippen MR) is 80.5 cm³/mol. The van der Waals surface area contributed by atoms with E-state index < -0.39 is 4.92 Å². The Bertz CT molecular complexity index is 668. The van der Waals surface area contributed by atoms with E-state index in [2.05, 4.69) is 5.32 Å². The molecule has 0 aliphatic heterocycles.